The van der Waals surface area contributed by atoms with Crippen LogP contribution in [0.3, 0.4) is 0 Å². The van der Waals surface area contributed by atoms with E-state index in [0.29, 0.717) is 17.1 Å². The maximum absolute atomic E-state index is 6.18. The van der Waals surface area contributed by atoms with E-state index in [0.717, 1.165) is 49.9 Å². The first kappa shape index (κ1) is 21.8. The van der Waals surface area contributed by atoms with E-state index in [1.54, 1.807) is 6.20 Å². The van der Waals surface area contributed by atoms with Gasteiger partial charge >= 0.3 is 0 Å². The van der Waals surface area contributed by atoms with Gasteiger partial charge in [0, 0.05) is 55.1 Å². The molecule has 2 aromatic rings. The molecule has 2 aliphatic heterocycles. The zero-order valence-electron chi connectivity index (χ0n) is 17.5. The number of morpholine rings is 1. The molecular formula is C23H29Cl2N3O2. The predicted molar refractivity (Wildman–Crippen MR) is 122 cm³/mol. The molecule has 0 radical (unpaired) electrons. The molecule has 4 atom stereocenters. The highest BCUT2D eigenvalue weighted by molar-refractivity contribution is 6.31. The predicted octanol–water partition coefficient (Wildman–Crippen LogP) is 4.31. The van der Waals surface area contributed by atoms with Crippen molar-refractivity contribution in [3.05, 3.63) is 58.2 Å². The summed E-state index contributed by atoms with van der Waals surface area (Å²) in [6, 6.07) is 12.5. The first-order valence-corrected chi connectivity index (χ1v) is 11.3. The van der Waals surface area contributed by atoms with Gasteiger partial charge in [0.25, 0.3) is 0 Å². The standard InChI is InChI=1S/C23H29Cl2N3O2/c1-16-13-28(20(15-30-16)11-17-3-5-18(24)6-4-17)21-8-10-27(14-22(21)29-2)23-12-19(25)7-9-26-23/h3-7,9,12,16,20-22H,8,10-11,13-15H2,1-2H3/t16-,20-,21+,22+/m0/s1. The van der Waals surface area contributed by atoms with Crippen LogP contribution in [0.25, 0.3) is 0 Å². The summed E-state index contributed by atoms with van der Waals surface area (Å²) in [5.41, 5.74) is 1.28. The van der Waals surface area contributed by atoms with Crippen LogP contribution < -0.4 is 4.90 Å². The van der Waals surface area contributed by atoms with Gasteiger partial charge < -0.3 is 14.4 Å². The summed E-state index contributed by atoms with van der Waals surface area (Å²) in [5, 5.41) is 1.48. The van der Waals surface area contributed by atoms with Crippen LogP contribution in [0.2, 0.25) is 10.0 Å². The number of hydrogen-bond acceptors (Lipinski definition) is 5. The fourth-order valence-electron chi connectivity index (χ4n) is 4.63. The number of hydrogen-bond donors (Lipinski definition) is 0. The van der Waals surface area contributed by atoms with Crippen molar-refractivity contribution in [1.29, 1.82) is 0 Å². The Labute approximate surface area is 188 Å². The minimum atomic E-state index is 0.0950. The molecule has 7 heteroatoms. The molecule has 5 nitrogen and oxygen atoms in total. The lowest BCUT2D eigenvalue weighted by Crippen LogP contribution is -2.62. The first-order chi connectivity index (χ1) is 14.5. The molecule has 162 valence electrons. The lowest BCUT2D eigenvalue weighted by molar-refractivity contribution is -0.101. The van der Waals surface area contributed by atoms with Crippen LogP contribution in [0.15, 0.2) is 42.6 Å². The Morgan fingerprint density at radius 2 is 1.93 bits per heavy atom. The minimum absolute atomic E-state index is 0.0950. The Morgan fingerprint density at radius 3 is 2.67 bits per heavy atom. The third kappa shape index (κ3) is 5.09. The van der Waals surface area contributed by atoms with Crippen LogP contribution in [0.5, 0.6) is 0 Å². The van der Waals surface area contributed by atoms with Gasteiger partial charge in [-0.3, -0.25) is 4.90 Å². The van der Waals surface area contributed by atoms with Gasteiger partial charge in [-0.2, -0.15) is 0 Å². The summed E-state index contributed by atoms with van der Waals surface area (Å²) >= 11 is 12.2. The topological polar surface area (TPSA) is 37.8 Å². The number of aromatic nitrogens is 1. The first-order valence-electron chi connectivity index (χ1n) is 10.5. The van der Waals surface area contributed by atoms with Crippen molar-refractivity contribution >= 4 is 29.0 Å². The quantitative estimate of drug-likeness (QED) is 0.679. The molecule has 0 aliphatic carbocycles. The summed E-state index contributed by atoms with van der Waals surface area (Å²) in [6.07, 6.45) is 4.03. The average molecular weight is 450 g/mol. The Balaban J connectivity index is 1.49. The van der Waals surface area contributed by atoms with Crippen molar-refractivity contribution < 1.29 is 9.47 Å². The molecule has 2 saturated heterocycles. The Morgan fingerprint density at radius 1 is 1.13 bits per heavy atom. The number of rotatable bonds is 5. The molecule has 0 spiro atoms. The fraction of sp³-hybridized carbons (Fsp3) is 0.522. The molecule has 0 unspecified atom stereocenters. The van der Waals surface area contributed by atoms with Gasteiger partial charge in [-0.05, 0) is 49.6 Å². The highest BCUT2D eigenvalue weighted by atomic mass is 35.5. The number of benzene rings is 1. The Bertz CT molecular complexity index is 835. The van der Waals surface area contributed by atoms with Crippen molar-refractivity contribution in [3.63, 3.8) is 0 Å². The van der Waals surface area contributed by atoms with E-state index >= 15 is 0 Å². The van der Waals surface area contributed by atoms with Gasteiger partial charge in [-0.15, -0.1) is 0 Å². The third-order valence-corrected chi connectivity index (χ3v) is 6.67. The van der Waals surface area contributed by atoms with Gasteiger partial charge in [-0.1, -0.05) is 35.3 Å². The van der Waals surface area contributed by atoms with Gasteiger partial charge in [0.1, 0.15) is 5.82 Å². The number of halogens is 2. The van der Waals surface area contributed by atoms with E-state index in [4.69, 9.17) is 32.7 Å². The van der Waals surface area contributed by atoms with E-state index in [1.807, 2.05) is 31.4 Å². The van der Waals surface area contributed by atoms with Crippen LogP contribution >= 0.6 is 23.2 Å². The molecule has 0 bridgehead atoms. The van der Waals surface area contributed by atoms with Gasteiger partial charge in [0.2, 0.25) is 0 Å². The lowest BCUT2D eigenvalue weighted by atomic mass is 9.94. The average Bonchev–Trinajstić information content (AvgIpc) is 2.76. The van der Waals surface area contributed by atoms with E-state index in [9.17, 15) is 0 Å². The molecule has 3 heterocycles. The maximum atomic E-state index is 6.18. The number of pyridine rings is 1. The maximum Gasteiger partial charge on any atom is 0.130 e. The summed E-state index contributed by atoms with van der Waals surface area (Å²) in [7, 11) is 1.81. The molecule has 4 rings (SSSR count). The molecule has 2 aliphatic rings. The van der Waals surface area contributed by atoms with Gasteiger partial charge in [0.05, 0.1) is 18.8 Å². The van der Waals surface area contributed by atoms with E-state index < -0.39 is 0 Å². The largest absolute Gasteiger partial charge is 0.378 e. The number of anilines is 1. The molecular weight excluding hydrogens is 421 g/mol. The van der Waals surface area contributed by atoms with Crippen LogP contribution in [0.4, 0.5) is 5.82 Å². The van der Waals surface area contributed by atoms with Crippen molar-refractivity contribution in [2.45, 2.75) is 44.1 Å². The molecule has 1 aromatic carbocycles. The van der Waals surface area contributed by atoms with Crippen LogP contribution in [-0.4, -0.2) is 67.5 Å². The highest BCUT2D eigenvalue weighted by Crippen LogP contribution is 2.29. The molecule has 30 heavy (non-hydrogen) atoms. The highest BCUT2D eigenvalue weighted by Gasteiger charge is 2.39. The fourth-order valence-corrected chi connectivity index (χ4v) is 4.91. The van der Waals surface area contributed by atoms with Crippen LogP contribution in [-0.2, 0) is 15.9 Å². The van der Waals surface area contributed by atoms with Gasteiger partial charge in [0.15, 0.2) is 0 Å². The lowest BCUT2D eigenvalue weighted by Gasteiger charge is -2.49. The summed E-state index contributed by atoms with van der Waals surface area (Å²) in [4.78, 5) is 9.38. The van der Waals surface area contributed by atoms with Crippen molar-refractivity contribution in [2.75, 3.05) is 38.3 Å². The second-order valence-electron chi connectivity index (χ2n) is 8.23. The number of piperidine rings is 1. The van der Waals surface area contributed by atoms with Crippen LogP contribution in [0, 0.1) is 0 Å². The summed E-state index contributed by atoms with van der Waals surface area (Å²) < 4.78 is 12.0. The van der Waals surface area contributed by atoms with E-state index in [-0.39, 0.29) is 12.2 Å². The van der Waals surface area contributed by atoms with Gasteiger partial charge in [-0.25, -0.2) is 4.98 Å². The third-order valence-electron chi connectivity index (χ3n) is 6.18. The molecule has 0 N–H and O–H groups in total. The molecule has 2 fully saturated rings. The van der Waals surface area contributed by atoms with Crippen LogP contribution in [0.1, 0.15) is 18.9 Å². The minimum Gasteiger partial charge on any atom is -0.378 e. The molecule has 1 aromatic heterocycles. The number of nitrogens with zero attached hydrogens (tertiary/aromatic N) is 3. The zero-order valence-corrected chi connectivity index (χ0v) is 19.0. The van der Waals surface area contributed by atoms with E-state index in [2.05, 4.69) is 33.8 Å². The SMILES string of the molecule is CO[C@@H]1CN(c2cc(Cl)ccn2)CC[C@H]1N1C[C@H](C)OC[C@@H]1Cc1ccc(Cl)cc1. The van der Waals surface area contributed by atoms with E-state index in [1.165, 1.54) is 5.56 Å². The monoisotopic (exact) mass is 449 g/mol. The number of methoxy groups -OCH3 is 1. The second-order valence-corrected chi connectivity index (χ2v) is 9.11. The normalized spacial score (nSPS) is 27.9. The van der Waals surface area contributed by atoms with Crippen molar-refractivity contribution in [3.8, 4) is 0 Å². The Hall–Kier alpha value is -1.37. The summed E-state index contributed by atoms with van der Waals surface area (Å²) in [6.45, 7) is 5.53. The smallest absolute Gasteiger partial charge is 0.130 e. The Kier molecular flexibility index (Phi) is 7.16. The zero-order chi connectivity index (χ0) is 21.1. The van der Waals surface area contributed by atoms with Crippen molar-refractivity contribution in [1.82, 2.24) is 9.88 Å². The summed E-state index contributed by atoms with van der Waals surface area (Å²) in [5.74, 6) is 0.913. The molecule has 0 amide bonds. The number of ether oxygens (including phenoxy) is 2. The second kappa shape index (κ2) is 9.84. The molecule has 0 saturated carbocycles. The van der Waals surface area contributed by atoms with Crippen molar-refractivity contribution in [2.24, 2.45) is 0 Å².